The van der Waals surface area contributed by atoms with Gasteiger partial charge < -0.3 is 4.42 Å². The fraction of sp³-hybridized carbons (Fsp3) is 0.0455. The molecular weight excluding hydrogens is 557 g/mol. The largest absolute Gasteiger partial charge is 0.439 e. The van der Waals surface area contributed by atoms with Crippen LogP contribution in [0, 0.1) is 0 Å². The first-order valence-corrected chi connectivity index (χ1v) is 13.1. The van der Waals surface area contributed by atoms with Gasteiger partial charge in [-0.05, 0) is 66.0 Å². The number of halogens is 3. The summed E-state index contributed by atoms with van der Waals surface area (Å²) in [5, 5.41) is 2.31. The maximum Gasteiger partial charge on any atom is 0.294 e. The van der Waals surface area contributed by atoms with E-state index in [4.69, 9.17) is 27.6 Å². The summed E-state index contributed by atoms with van der Waals surface area (Å²) in [4.78, 5) is 15.8. The molecule has 0 N–H and O–H groups in total. The number of nitrogens with zero attached hydrogens (tertiary/aromatic N) is 1. The summed E-state index contributed by atoms with van der Waals surface area (Å²) in [6.07, 6.45) is 0. The summed E-state index contributed by atoms with van der Waals surface area (Å²) in [5.41, 5.74) is 0.395. The van der Waals surface area contributed by atoms with Crippen molar-refractivity contribution in [3.63, 3.8) is 0 Å². The zero-order valence-corrected chi connectivity index (χ0v) is 20.9. The average Bonchev–Trinajstić information content (AvgIpc) is 3.46. The predicted molar refractivity (Wildman–Crippen MR) is 130 cm³/mol. The second-order valence-electron chi connectivity index (χ2n) is 6.64. The molecule has 4 aromatic rings. The third-order valence-electron chi connectivity index (χ3n) is 4.52. The molecule has 32 heavy (non-hydrogen) atoms. The molecule has 164 valence electrons. The molecule has 1 amide bonds. The van der Waals surface area contributed by atoms with Crippen molar-refractivity contribution in [2.75, 3.05) is 4.90 Å². The molecule has 4 rings (SSSR count). The monoisotopic (exact) mass is 569 g/mol. The first-order valence-electron chi connectivity index (χ1n) is 9.15. The van der Waals surface area contributed by atoms with E-state index in [1.54, 1.807) is 30.3 Å². The number of hydrogen-bond acceptors (Lipinski definition) is 5. The number of carbonyl (C=O) groups excluding carboxylic acids is 1. The maximum absolute atomic E-state index is 13.4. The van der Waals surface area contributed by atoms with Crippen molar-refractivity contribution < 1.29 is 17.6 Å². The van der Waals surface area contributed by atoms with Crippen LogP contribution in [0.5, 0.6) is 0 Å². The summed E-state index contributed by atoms with van der Waals surface area (Å²) in [6, 6.07) is 17.3. The lowest BCUT2D eigenvalue weighted by molar-refractivity contribution is 0.0953. The van der Waals surface area contributed by atoms with Crippen molar-refractivity contribution in [3.8, 4) is 0 Å². The van der Waals surface area contributed by atoms with Crippen LogP contribution in [0.25, 0.3) is 0 Å². The molecule has 10 heteroatoms. The average molecular weight is 571 g/mol. The topological polar surface area (TPSA) is 67.6 Å². The molecule has 5 nitrogen and oxygen atoms in total. The van der Waals surface area contributed by atoms with Gasteiger partial charge in [0.15, 0.2) is 5.76 Å². The second kappa shape index (κ2) is 9.41. The number of hydrogen-bond donors (Lipinski definition) is 0. The lowest BCUT2D eigenvalue weighted by Gasteiger charge is -2.22. The lowest BCUT2D eigenvalue weighted by atomic mass is 10.2. The third-order valence-corrected chi connectivity index (χ3v) is 8.11. The van der Waals surface area contributed by atoms with E-state index < -0.39 is 15.7 Å². The number of sulfone groups is 1. The smallest absolute Gasteiger partial charge is 0.294 e. The number of thiophene rings is 1. The fourth-order valence-corrected chi connectivity index (χ4v) is 5.48. The SMILES string of the molecule is O=C(c1ccc(S(=O)(=O)c2ccc(Br)cc2)o1)N(Cc1cccs1)c1cc(Cl)ccc1Cl. The van der Waals surface area contributed by atoms with Gasteiger partial charge in [-0.1, -0.05) is 45.2 Å². The molecule has 0 saturated heterocycles. The molecule has 2 heterocycles. The van der Waals surface area contributed by atoms with Crippen molar-refractivity contribution in [2.24, 2.45) is 0 Å². The number of amides is 1. The second-order valence-corrected chi connectivity index (χ2v) is 11.3. The lowest BCUT2D eigenvalue weighted by Crippen LogP contribution is -2.30. The van der Waals surface area contributed by atoms with Gasteiger partial charge in [-0.2, -0.15) is 0 Å². The van der Waals surface area contributed by atoms with Crippen molar-refractivity contribution in [2.45, 2.75) is 16.5 Å². The van der Waals surface area contributed by atoms with Gasteiger partial charge in [-0.25, -0.2) is 8.42 Å². The summed E-state index contributed by atoms with van der Waals surface area (Å²) in [6.45, 7) is 0.214. The Labute approximate surface area is 207 Å². The zero-order chi connectivity index (χ0) is 22.9. The van der Waals surface area contributed by atoms with Crippen LogP contribution in [-0.2, 0) is 16.4 Å². The molecule has 0 radical (unpaired) electrons. The molecule has 0 bridgehead atoms. The van der Waals surface area contributed by atoms with Crippen molar-refractivity contribution in [1.82, 2.24) is 0 Å². The molecule has 0 atom stereocenters. The Hall–Kier alpha value is -2.10. The fourth-order valence-electron chi connectivity index (χ4n) is 2.96. The quantitative estimate of drug-likeness (QED) is 0.248. The van der Waals surface area contributed by atoms with Crippen LogP contribution in [-0.4, -0.2) is 14.3 Å². The van der Waals surface area contributed by atoms with Gasteiger partial charge in [0.2, 0.25) is 14.9 Å². The van der Waals surface area contributed by atoms with Crippen LogP contribution in [0.15, 0.2) is 91.0 Å². The molecule has 0 fully saturated rings. The Balaban J connectivity index is 1.71. The molecule has 0 aliphatic heterocycles. The maximum atomic E-state index is 13.4. The van der Waals surface area contributed by atoms with Crippen molar-refractivity contribution in [1.29, 1.82) is 0 Å². The number of carbonyl (C=O) groups is 1. The molecule has 0 saturated carbocycles. The third kappa shape index (κ3) is 4.79. The molecule has 0 spiro atoms. The first kappa shape index (κ1) is 23.1. The Kier molecular flexibility index (Phi) is 6.78. The Morgan fingerprint density at radius 3 is 2.47 bits per heavy atom. The van der Waals surface area contributed by atoms with Crippen molar-refractivity contribution in [3.05, 3.63) is 97.3 Å². The van der Waals surface area contributed by atoms with E-state index >= 15 is 0 Å². The van der Waals surface area contributed by atoms with Gasteiger partial charge in [0.1, 0.15) is 0 Å². The Morgan fingerprint density at radius 2 is 1.78 bits per heavy atom. The minimum Gasteiger partial charge on any atom is -0.439 e. The van der Waals surface area contributed by atoms with Crippen LogP contribution < -0.4 is 4.90 Å². The zero-order valence-electron chi connectivity index (χ0n) is 16.2. The molecule has 2 aromatic heterocycles. The number of anilines is 1. The molecular formula is C22H14BrCl2NO4S2. The van der Waals surface area contributed by atoms with Crippen molar-refractivity contribution >= 4 is 71.9 Å². The predicted octanol–water partition coefficient (Wildman–Crippen LogP) is 7.09. The van der Waals surface area contributed by atoms with E-state index in [0.717, 1.165) is 9.35 Å². The molecule has 0 unspecified atom stereocenters. The van der Waals surface area contributed by atoms with E-state index in [1.807, 2.05) is 17.5 Å². The number of benzene rings is 2. The summed E-state index contributed by atoms with van der Waals surface area (Å²) in [5.74, 6) is -0.673. The minimum absolute atomic E-state index is 0.0578. The van der Waals surface area contributed by atoms with Crippen LogP contribution in [0.4, 0.5) is 5.69 Å². The van der Waals surface area contributed by atoms with Gasteiger partial charge >= 0.3 is 0 Å². The summed E-state index contributed by atoms with van der Waals surface area (Å²) < 4.78 is 32.1. The standard InChI is InChI=1S/C22H14BrCl2NO4S2/c23-14-3-6-17(7-4-14)32(28,29)21-10-9-20(30-21)22(27)26(13-16-2-1-11-31-16)19-12-15(24)5-8-18(19)25/h1-12H,13H2. The van der Waals surface area contributed by atoms with Gasteiger partial charge in [0.25, 0.3) is 5.91 Å². The van der Waals surface area contributed by atoms with E-state index in [1.165, 1.54) is 40.5 Å². The van der Waals surface area contributed by atoms with E-state index in [0.29, 0.717) is 15.7 Å². The minimum atomic E-state index is -3.93. The highest BCUT2D eigenvalue weighted by molar-refractivity contribution is 9.10. The van der Waals surface area contributed by atoms with Crippen LogP contribution in [0.1, 0.15) is 15.4 Å². The highest BCUT2D eigenvalue weighted by Gasteiger charge is 2.27. The normalized spacial score (nSPS) is 11.5. The highest BCUT2D eigenvalue weighted by Crippen LogP contribution is 2.33. The molecule has 0 aliphatic carbocycles. The summed E-state index contributed by atoms with van der Waals surface area (Å²) >= 11 is 17.2. The molecule has 0 aliphatic rings. The number of furan rings is 1. The van der Waals surface area contributed by atoms with Crippen LogP contribution in [0.2, 0.25) is 10.0 Å². The Morgan fingerprint density at radius 1 is 1.03 bits per heavy atom. The van der Waals surface area contributed by atoms with E-state index in [2.05, 4.69) is 15.9 Å². The first-order chi connectivity index (χ1) is 15.3. The summed E-state index contributed by atoms with van der Waals surface area (Å²) in [7, 11) is -3.93. The van der Waals surface area contributed by atoms with Crippen LogP contribution >= 0.6 is 50.5 Å². The van der Waals surface area contributed by atoms with E-state index in [9.17, 15) is 13.2 Å². The van der Waals surface area contributed by atoms with E-state index in [-0.39, 0.29) is 22.3 Å². The van der Waals surface area contributed by atoms with Crippen LogP contribution in [0.3, 0.4) is 0 Å². The Bertz CT molecular complexity index is 1370. The van der Waals surface area contributed by atoms with Gasteiger partial charge in [-0.15, -0.1) is 11.3 Å². The van der Waals surface area contributed by atoms with Gasteiger partial charge in [-0.3, -0.25) is 9.69 Å². The highest BCUT2D eigenvalue weighted by atomic mass is 79.9. The van der Waals surface area contributed by atoms with Gasteiger partial charge in [0, 0.05) is 14.4 Å². The van der Waals surface area contributed by atoms with Gasteiger partial charge in [0.05, 0.1) is 22.2 Å². The molecule has 2 aromatic carbocycles. The number of rotatable bonds is 6.